The van der Waals surface area contributed by atoms with Crippen LogP contribution in [0.1, 0.15) is 45.4 Å². The van der Waals surface area contributed by atoms with Crippen LogP contribution in [0.25, 0.3) is 11.1 Å². The van der Waals surface area contributed by atoms with Gasteiger partial charge in [0.25, 0.3) is 0 Å². The predicted octanol–water partition coefficient (Wildman–Crippen LogP) is 7.45. The second-order valence-electron chi connectivity index (χ2n) is 7.57. The van der Waals surface area contributed by atoms with Crippen LogP contribution >= 0.6 is 23.4 Å². The molecule has 32 heavy (non-hydrogen) atoms. The van der Waals surface area contributed by atoms with Crippen LogP contribution in [0.2, 0.25) is 5.15 Å². The van der Waals surface area contributed by atoms with E-state index in [0.717, 1.165) is 54.3 Å². The maximum Gasteiger partial charge on any atom is 0.317 e. The number of unbranched alkanes of at least 4 members (excludes halogenated alkanes) is 4. The van der Waals surface area contributed by atoms with Crippen molar-refractivity contribution >= 4 is 40.8 Å². The molecule has 1 aromatic heterocycles. The fourth-order valence-corrected chi connectivity index (χ4v) is 4.51. The molecule has 0 bridgehead atoms. The van der Waals surface area contributed by atoms with E-state index in [1.54, 1.807) is 6.07 Å². The van der Waals surface area contributed by atoms with Gasteiger partial charge in [-0.05, 0) is 29.7 Å². The van der Waals surface area contributed by atoms with Crippen LogP contribution in [0.5, 0.6) is 0 Å². The number of aliphatic carboxylic acids is 1. The third-order valence-corrected chi connectivity index (χ3v) is 6.34. The summed E-state index contributed by atoms with van der Waals surface area (Å²) in [4.78, 5) is 20.4. The van der Waals surface area contributed by atoms with Gasteiger partial charge in [-0.15, -0.1) is 0 Å². The Hall–Kier alpha value is -2.57. The first kappa shape index (κ1) is 24.1. The number of anilines is 2. The van der Waals surface area contributed by atoms with Gasteiger partial charge in [-0.1, -0.05) is 105 Å². The molecule has 0 spiro atoms. The van der Waals surface area contributed by atoms with E-state index in [1.165, 1.54) is 6.42 Å². The number of rotatable bonds is 12. The summed E-state index contributed by atoms with van der Waals surface area (Å²) >= 11 is 7.35. The van der Waals surface area contributed by atoms with Gasteiger partial charge >= 0.3 is 5.97 Å². The first-order chi connectivity index (χ1) is 15.5. The second kappa shape index (κ2) is 12.5. The Bertz CT molecular complexity index is 1000. The van der Waals surface area contributed by atoms with Gasteiger partial charge in [-0.2, -0.15) is 0 Å². The molecule has 1 heterocycles. The second-order valence-corrected chi connectivity index (χ2v) is 9.13. The average molecular weight is 470 g/mol. The lowest BCUT2D eigenvalue weighted by Crippen LogP contribution is -2.17. The highest BCUT2D eigenvalue weighted by Gasteiger charge is 2.20. The Kier molecular flexibility index (Phi) is 9.38. The molecule has 0 aliphatic carbocycles. The topological polar surface area (TPSA) is 75.1 Å². The quantitative estimate of drug-likeness (QED) is 0.124. The highest BCUT2D eigenvalue weighted by Crippen LogP contribution is 2.28. The number of nitrogens with one attached hydrogen (secondary N) is 1. The van der Waals surface area contributed by atoms with Gasteiger partial charge in [-0.25, -0.2) is 9.97 Å². The first-order valence-electron chi connectivity index (χ1n) is 10.9. The van der Waals surface area contributed by atoms with Gasteiger partial charge < -0.3 is 10.4 Å². The molecule has 0 amide bonds. The molecule has 5 nitrogen and oxygen atoms in total. The molecule has 0 saturated carbocycles. The van der Waals surface area contributed by atoms with E-state index in [0.29, 0.717) is 17.4 Å². The number of halogens is 1. The summed E-state index contributed by atoms with van der Waals surface area (Å²) in [6, 6.07) is 19.8. The number of carboxylic acid groups (broad SMARTS) is 1. The van der Waals surface area contributed by atoms with Crippen LogP contribution in [0.4, 0.5) is 11.5 Å². The SMILES string of the molecule is CCCCCCCC(Sc1nc(Cl)cc(Nc2ccc(-c3ccccc3)cc2)n1)C(=O)O. The number of carboxylic acids is 1. The monoisotopic (exact) mass is 469 g/mol. The van der Waals surface area contributed by atoms with Crippen LogP contribution in [0.15, 0.2) is 65.8 Å². The van der Waals surface area contributed by atoms with E-state index >= 15 is 0 Å². The number of hydrogen-bond donors (Lipinski definition) is 2. The van der Waals surface area contributed by atoms with Crippen molar-refractivity contribution in [1.82, 2.24) is 9.97 Å². The van der Waals surface area contributed by atoms with Gasteiger partial charge in [0.2, 0.25) is 0 Å². The van der Waals surface area contributed by atoms with Crippen molar-refractivity contribution in [2.75, 3.05) is 5.32 Å². The molecule has 1 atom stereocenters. The fourth-order valence-electron chi connectivity index (χ4n) is 3.33. The maximum absolute atomic E-state index is 11.7. The molecule has 0 fully saturated rings. The number of nitrogens with zero attached hydrogens (tertiary/aromatic N) is 2. The predicted molar refractivity (Wildman–Crippen MR) is 133 cm³/mol. The van der Waals surface area contributed by atoms with Gasteiger partial charge in [0, 0.05) is 11.8 Å². The third-order valence-electron chi connectivity index (χ3n) is 5.03. The van der Waals surface area contributed by atoms with Crippen molar-refractivity contribution in [3.8, 4) is 11.1 Å². The minimum Gasteiger partial charge on any atom is -0.480 e. The van der Waals surface area contributed by atoms with E-state index in [-0.39, 0.29) is 5.15 Å². The highest BCUT2D eigenvalue weighted by molar-refractivity contribution is 8.00. The van der Waals surface area contributed by atoms with Crippen molar-refractivity contribution in [1.29, 1.82) is 0 Å². The zero-order chi connectivity index (χ0) is 22.8. The van der Waals surface area contributed by atoms with Crippen LogP contribution in [0, 0.1) is 0 Å². The van der Waals surface area contributed by atoms with Crippen LogP contribution in [-0.4, -0.2) is 26.3 Å². The highest BCUT2D eigenvalue weighted by atomic mass is 35.5. The molecule has 2 N–H and O–H groups in total. The Morgan fingerprint density at radius 1 is 1.00 bits per heavy atom. The van der Waals surface area contributed by atoms with Crippen molar-refractivity contribution in [2.45, 2.75) is 55.9 Å². The molecule has 2 aromatic carbocycles. The number of carbonyl (C=O) groups is 1. The molecular weight excluding hydrogens is 442 g/mol. The van der Waals surface area contributed by atoms with Crippen LogP contribution in [0.3, 0.4) is 0 Å². The van der Waals surface area contributed by atoms with Crippen molar-refractivity contribution in [3.63, 3.8) is 0 Å². The summed E-state index contributed by atoms with van der Waals surface area (Å²) in [5.74, 6) is -0.313. The summed E-state index contributed by atoms with van der Waals surface area (Å²) < 4.78 is 0. The molecule has 7 heteroatoms. The summed E-state index contributed by atoms with van der Waals surface area (Å²) in [5, 5.41) is 12.9. The normalized spacial score (nSPS) is 11.8. The van der Waals surface area contributed by atoms with Gasteiger partial charge in [-0.3, -0.25) is 4.79 Å². The lowest BCUT2D eigenvalue weighted by atomic mass is 10.1. The first-order valence-corrected chi connectivity index (χ1v) is 12.2. The smallest absolute Gasteiger partial charge is 0.317 e. The van der Waals surface area contributed by atoms with Crippen LogP contribution < -0.4 is 5.32 Å². The molecular formula is C25H28ClN3O2S. The maximum atomic E-state index is 11.7. The number of aromatic nitrogens is 2. The van der Waals surface area contributed by atoms with E-state index in [9.17, 15) is 9.90 Å². The van der Waals surface area contributed by atoms with E-state index in [1.807, 2.05) is 42.5 Å². The molecule has 0 radical (unpaired) electrons. The largest absolute Gasteiger partial charge is 0.480 e. The molecule has 3 rings (SSSR count). The number of hydrogen-bond acceptors (Lipinski definition) is 5. The van der Waals surface area contributed by atoms with E-state index in [2.05, 4.69) is 34.3 Å². The Labute approximate surface area is 198 Å². The molecule has 0 aliphatic rings. The fraction of sp³-hybridized carbons (Fsp3) is 0.320. The Morgan fingerprint density at radius 2 is 1.69 bits per heavy atom. The van der Waals surface area contributed by atoms with Crippen molar-refractivity contribution < 1.29 is 9.90 Å². The summed E-state index contributed by atoms with van der Waals surface area (Å²) in [6.07, 6.45) is 5.99. The molecule has 0 aliphatic heterocycles. The Morgan fingerprint density at radius 3 is 2.38 bits per heavy atom. The standard InChI is InChI=1S/C25H28ClN3O2S/c1-2-3-4-5-9-12-21(24(30)31)32-25-28-22(26)17-23(29-25)27-20-15-13-19(14-16-20)18-10-7-6-8-11-18/h6-8,10-11,13-17,21H,2-5,9,12H2,1H3,(H,30,31)(H,27,28,29). The lowest BCUT2D eigenvalue weighted by Gasteiger charge is -2.13. The average Bonchev–Trinajstić information content (AvgIpc) is 2.79. The van der Waals surface area contributed by atoms with Crippen LogP contribution in [-0.2, 0) is 4.79 Å². The summed E-state index contributed by atoms with van der Waals surface area (Å²) in [6.45, 7) is 2.16. The van der Waals surface area contributed by atoms with E-state index < -0.39 is 11.2 Å². The lowest BCUT2D eigenvalue weighted by molar-refractivity contribution is -0.136. The minimum atomic E-state index is -0.847. The summed E-state index contributed by atoms with van der Waals surface area (Å²) in [7, 11) is 0. The van der Waals surface area contributed by atoms with E-state index in [4.69, 9.17) is 11.6 Å². The van der Waals surface area contributed by atoms with Gasteiger partial charge in [0.05, 0.1) is 0 Å². The minimum absolute atomic E-state index is 0.276. The third kappa shape index (κ3) is 7.53. The van der Waals surface area contributed by atoms with Gasteiger partial charge in [0.15, 0.2) is 5.16 Å². The zero-order valence-corrected chi connectivity index (χ0v) is 19.7. The molecule has 0 saturated heterocycles. The van der Waals surface area contributed by atoms with Gasteiger partial charge in [0.1, 0.15) is 16.2 Å². The molecule has 1 unspecified atom stereocenters. The molecule has 3 aromatic rings. The van der Waals surface area contributed by atoms with Crippen molar-refractivity contribution in [2.24, 2.45) is 0 Å². The zero-order valence-electron chi connectivity index (χ0n) is 18.1. The number of thioether (sulfide) groups is 1. The Balaban J connectivity index is 1.65. The molecule has 168 valence electrons. The summed E-state index contributed by atoms with van der Waals surface area (Å²) in [5.41, 5.74) is 3.13. The number of benzene rings is 2. The van der Waals surface area contributed by atoms with Crippen molar-refractivity contribution in [3.05, 3.63) is 65.8 Å².